The first-order valence-corrected chi connectivity index (χ1v) is 18.4. The molecule has 4 aliphatic rings. The van der Waals surface area contributed by atoms with Crippen molar-refractivity contribution in [1.29, 1.82) is 0 Å². The minimum atomic E-state index is -1.36. The van der Waals surface area contributed by atoms with E-state index in [1.165, 1.54) is 6.07 Å². The number of aromatic nitrogens is 2. The lowest BCUT2D eigenvalue weighted by Crippen LogP contribution is -2.52. The molecule has 4 aliphatic heterocycles. The lowest BCUT2D eigenvalue weighted by molar-refractivity contribution is -0.128. The summed E-state index contributed by atoms with van der Waals surface area (Å²) in [7, 11) is 0. The smallest absolute Gasteiger partial charge is 0.254 e. The van der Waals surface area contributed by atoms with Crippen LogP contribution in [-0.2, 0) is 28.0 Å². The van der Waals surface area contributed by atoms with Crippen molar-refractivity contribution < 1.29 is 23.5 Å². The van der Waals surface area contributed by atoms with E-state index in [0.29, 0.717) is 78.8 Å². The number of anilines is 1. The van der Waals surface area contributed by atoms with Crippen molar-refractivity contribution in [3.63, 3.8) is 0 Å². The van der Waals surface area contributed by atoms with Crippen molar-refractivity contribution in [2.24, 2.45) is 0 Å². The molecule has 2 fully saturated rings. The van der Waals surface area contributed by atoms with E-state index in [0.717, 1.165) is 28.0 Å². The minimum Gasteiger partial charge on any atom is -0.494 e. The quantitative estimate of drug-likeness (QED) is 0.197. The van der Waals surface area contributed by atoms with Crippen LogP contribution in [-0.4, -0.2) is 70.3 Å². The number of halogens is 3. The number of aryl methyl sites for hydroxylation is 1. The zero-order valence-corrected chi connectivity index (χ0v) is 30.2. The van der Waals surface area contributed by atoms with E-state index in [1.54, 1.807) is 24.3 Å². The number of morpholine rings is 1. The molecule has 0 saturated carbocycles. The van der Waals surface area contributed by atoms with Gasteiger partial charge in [-0.1, -0.05) is 53.5 Å². The topological polar surface area (TPSA) is 88.9 Å². The Hall–Kier alpha value is -4.48. The zero-order chi connectivity index (χ0) is 35.9. The van der Waals surface area contributed by atoms with Crippen LogP contribution in [0.3, 0.4) is 0 Å². The summed E-state index contributed by atoms with van der Waals surface area (Å²) in [6, 6.07) is 21.4. The number of benzene rings is 4. The highest BCUT2D eigenvalue weighted by atomic mass is 35.5. The first kappa shape index (κ1) is 33.4. The van der Waals surface area contributed by atoms with Crippen LogP contribution in [0.4, 0.5) is 10.1 Å². The molecule has 2 amide bonds. The maximum Gasteiger partial charge on any atom is 0.254 e. The van der Waals surface area contributed by atoms with Crippen LogP contribution < -0.4 is 10.1 Å². The number of amides is 2. The van der Waals surface area contributed by atoms with E-state index < -0.39 is 23.3 Å². The second-order valence-corrected chi connectivity index (χ2v) is 14.8. The Morgan fingerprint density at radius 3 is 2.69 bits per heavy atom. The second kappa shape index (κ2) is 12.6. The number of nitrogens with zero attached hydrogens (tertiary/aromatic N) is 4. The van der Waals surface area contributed by atoms with Crippen molar-refractivity contribution in [2.75, 3.05) is 38.2 Å². The van der Waals surface area contributed by atoms with Gasteiger partial charge in [0.25, 0.3) is 5.91 Å². The third-order valence-corrected chi connectivity index (χ3v) is 11.8. The fourth-order valence-electron chi connectivity index (χ4n) is 9.15. The molecular formula is C40H36Cl2FN5O4. The monoisotopic (exact) mass is 739 g/mol. The van der Waals surface area contributed by atoms with E-state index in [-0.39, 0.29) is 22.9 Å². The van der Waals surface area contributed by atoms with Gasteiger partial charge >= 0.3 is 0 Å². The average Bonchev–Trinajstić information content (AvgIpc) is 3.83. The fourth-order valence-corrected chi connectivity index (χ4v) is 9.50. The molecule has 1 spiro atoms. The van der Waals surface area contributed by atoms with Gasteiger partial charge in [-0.15, -0.1) is 0 Å². The van der Waals surface area contributed by atoms with E-state index >= 15 is 4.39 Å². The number of nitrogens with one attached hydrogen (secondary N) is 1. The predicted octanol–water partition coefficient (Wildman–Crippen LogP) is 7.27. The molecule has 52 heavy (non-hydrogen) atoms. The van der Waals surface area contributed by atoms with Gasteiger partial charge in [-0.3, -0.25) is 19.2 Å². The van der Waals surface area contributed by atoms with Crippen LogP contribution in [0.15, 0.2) is 72.8 Å². The Labute approximate surface area is 310 Å². The Bertz CT molecular complexity index is 2290. The molecule has 1 N–H and O–H groups in total. The SMILES string of the molecule is CCOc1cccc(CN2[C@H]3Cc4c5cc(C)c(C(=O)N6CCOCC6)cc5nn4[C@H]3[C@H](c3cccc(Cl)c3F)[C@]23C(=O)Nc2cc(Cl)ccc23)c1. The summed E-state index contributed by atoms with van der Waals surface area (Å²) in [5.74, 6) is -0.904. The third-order valence-electron chi connectivity index (χ3n) is 11.3. The number of ether oxygens (including phenoxy) is 2. The van der Waals surface area contributed by atoms with Crippen molar-refractivity contribution in [1.82, 2.24) is 19.6 Å². The second-order valence-electron chi connectivity index (χ2n) is 14.0. The van der Waals surface area contributed by atoms with Gasteiger partial charge in [0.2, 0.25) is 5.91 Å². The zero-order valence-electron chi connectivity index (χ0n) is 28.7. The van der Waals surface area contributed by atoms with Gasteiger partial charge in [0.1, 0.15) is 17.1 Å². The number of carbonyl (C=O) groups excluding carboxylic acids is 2. The molecule has 4 aromatic carbocycles. The average molecular weight is 741 g/mol. The molecule has 0 bridgehead atoms. The largest absolute Gasteiger partial charge is 0.494 e. The van der Waals surface area contributed by atoms with Crippen LogP contribution in [0.25, 0.3) is 10.9 Å². The molecule has 12 heteroatoms. The van der Waals surface area contributed by atoms with E-state index in [9.17, 15) is 9.59 Å². The lowest BCUT2D eigenvalue weighted by atomic mass is 9.73. The molecule has 0 aliphatic carbocycles. The van der Waals surface area contributed by atoms with Crippen molar-refractivity contribution in [3.8, 4) is 5.75 Å². The highest BCUT2D eigenvalue weighted by Gasteiger charge is 2.69. The number of rotatable bonds is 6. The van der Waals surface area contributed by atoms with Gasteiger partial charge in [0, 0.05) is 70.9 Å². The summed E-state index contributed by atoms with van der Waals surface area (Å²) < 4.78 is 29.9. The number of hydrogen-bond acceptors (Lipinski definition) is 6. The molecule has 4 atom stereocenters. The molecule has 9 nitrogen and oxygen atoms in total. The van der Waals surface area contributed by atoms with Gasteiger partial charge in [-0.2, -0.15) is 5.10 Å². The van der Waals surface area contributed by atoms with Crippen LogP contribution >= 0.6 is 23.2 Å². The number of hydrogen-bond donors (Lipinski definition) is 1. The maximum absolute atomic E-state index is 16.6. The standard InChI is InChI=1S/C40H36Cl2FN5O4/c1-3-52-25-7-4-6-23(17-25)21-47-34-20-33-28-16-22(2)27(38(49)46-12-14-51-15-13-46)19-31(28)45-48(33)37(34)35(26-8-5-9-30(42)36(26)43)40(47)29-11-10-24(41)18-32(29)44-39(40)50/h4-11,16-19,34-35,37H,3,12-15,20-21H2,1-2H3,(H,44,50)/t34-,35-,37+,40+/m0/s1. The van der Waals surface area contributed by atoms with Crippen LogP contribution in [0.1, 0.15) is 57.2 Å². The van der Waals surface area contributed by atoms with Crippen molar-refractivity contribution >= 4 is 51.6 Å². The van der Waals surface area contributed by atoms with Crippen LogP contribution in [0, 0.1) is 12.7 Å². The van der Waals surface area contributed by atoms with E-state index in [4.69, 9.17) is 37.8 Å². The molecule has 266 valence electrons. The normalized spacial score (nSPS) is 23.6. The van der Waals surface area contributed by atoms with Gasteiger partial charge < -0.3 is 19.7 Å². The summed E-state index contributed by atoms with van der Waals surface area (Å²) in [4.78, 5) is 32.6. The Morgan fingerprint density at radius 1 is 1.08 bits per heavy atom. The molecule has 5 aromatic rings. The fraction of sp³-hybridized carbons (Fsp3) is 0.325. The molecular weight excluding hydrogens is 704 g/mol. The summed E-state index contributed by atoms with van der Waals surface area (Å²) >= 11 is 13.0. The molecule has 5 heterocycles. The number of likely N-dealkylation sites (tertiary alicyclic amines) is 1. The van der Waals surface area contributed by atoms with E-state index in [2.05, 4.69) is 10.2 Å². The van der Waals surface area contributed by atoms with Gasteiger partial charge in [-0.05, 0) is 73.0 Å². The molecule has 9 rings (SSSR count). The van der Waals surface area contributed by atoms with Gasteiger partial charge in [0.05, 0.1) is 36.4 Å². The Morgan fingerprint density at radius 2 is 1.88 bits per heavy atom. The number of fused-ring (bicyclic) bond motifs is 7. The maximum atomic E-state index is 16.6. The summed E-state index contributed by atoms with van der Waals surface area (Å²) in [6.45, 7) is 6.86. The number of carbonyl (C=O) groups is 2. The summed E-state index contributed by atoms with van der Waals surface area (Å²) in [5, 5.41) is 9.71. The molecule has 0 radical (unpaired) electrons. The first-order valence-electron chi connectivity index (χ1n) is 17.6. The highest BCUT2D eigenvalue weighted by molar-refractivity contribution is 6.31. The van der Waals surface area contributed by atoms with Gasteiger partial charge in [0.15, 0.2) is 0 Å². The predicted molar refractivity (Wildman–Crippen MR) is 197 cm³/mol. The first-order chi connectivity index (χ1) is 25.2. The van der Waals surface area contributed by atoms with Crippen molar-refractivity contribution in [2.45, 2.75) is 50.4 Å². The molecule has 1 aromatic heterocycles. The molecule has 2 saturated heterocycles. The van der Waals surface area contributed by atoms with Crippen molar-refractivity contribution in [3.05, 3.63) is 122 Å². The van der Waals surface area contributed by atoms with E-state index in [1.807, 2.05) is 65.9 Å². The lowest BCUT2D eigenvalue weighted by Gasteiger charge is -2.40. The highest BCUT2D eigenvalue weighted by Crippen LogP contribution is 2.64. The third kappa shape index (κ3) is 4.91. The molecule has 0 unspecified atom stereocenters. The Balaban J connectivity index is 1.26. The summed E-state index contributed by atoms with van der Waals surface area (Å²) in [6.07, 6.45) is 0.541. The van der Waals surface area contributed by atoms with Gasteiger partial charge in [-0.25, -0.2) is 4.39 Å². The minimum absolute atomic E-state index is 0.0208. The Kier molecular flexibility index (Phi) is 8.07. The van der Waals surface area contributed by atoms with Crippen LogP contribution in [0.2, 0.25) is 10.0 Å². The summed E-state index contributed by atoms with van der Waals surface area (Å²) in [5.41, 5.74) is 4.34. The van der Waals surface area contributed by atoms with Crippen LogP contribution in [0.5, 0.6) is 5.75 Å².